The van der Waals surface area contributed by atoms with Crippen molar-refractivity contribution in [2.75, 3.05) is 19.7 Å². The maximum absolute atomic E-state index is 13.0. The molecule has 7 nitrogen and oxygen atoms in total. The fourth-order valence-electron chi connectivity index (χ4n) is 5.24. The highest BCUT2D eigenvalue weighted by Crippen LogP contribution is 2.44. The van der Waals surface area contributed by atoms with Crippen LogP contribution in [-0.4, -0.2) is 53.7 Å². The van der Waals surface area contributed by atoms with Crippen LogP contribution in [0.25, 0.3) is 11.1 Å². The number of aliphatic carboxylic acids is 1. The smallest absolute Gasteiger partial charge is 0.335 e. The number of benzene rings is 3. The molecule has 38 heavy (non-hydrogen) atoms. The van der Waals surface area contributed by atoms with E-state index >= 15 is 0 Å². The van der Waals surface area contributed by atoms with Crippen LogP contribution in [-0.2, 0) is 23.3 Å². The summed E-state index contributed by atoms with van der Waals surface area (Å²) in [5.74, 6) is -4.07. The molecule has 0 saturated carbocycles. The van der Waals surface area contributed by atoms with E-state index in [2.05, 4.69) is 0 Å². The van der Waals surface area contributed by atoms with Gasteiger partial charge in [0.15, 0.2) is 5.92 Å². The Morgan fingerprint density at radius 2 is 1.61 bits per heavy atom. The molecule has 8 heteroatoms. The molecule has 0 aromatic heterocycles. The lowest BCUT2D eigenvalue weighted by molar-refractivity contribution is -0.160. The third-order valence-corrected chi connectivity index (χ3v) is 7.94. The van der Waals surface area contributed by atoms with Crippen molar-refractivity contribution >= 4 is 30.0 Å². The summed E-state index contributed by atoms with van der Waals surface area (Å²) in [6.45, 7) is 2.43. The number of hydrogen-bond acceptors (Lipinski definition) is 7. The van der Waals surface area contributed by atoms with Crippen molar-refractivity contribution in [2.24, 2.45) is 5.92 Å². The summed E-state index contributed by atoms with van der Waals surface area (Å²) in [6, 6.07) is 23.0. The van der Waals surface area contributed by atoms with Crippen LogP contribution in [0.4, 0.5) is 0 Å². The third kappa shape index (κ3) is 5.47. The van der Waals surface area contributed by atoms with Crippen LogP contribution in [0.3, 0.4) is 0 Å². The summed E-state index contributed by atoms with van der Waals surface area (Å²) < 4.78 is 11.1. The number of esters is 1. The van der Waals surface area contributed by atoms with E-state index in [0.717, 1.165) is 44.8 Å². The van der Waals surface area contributed by atoms with E-state index in [9.17, 15) is 19.5 Å². The predicted molar refractivity (Wildman–Crippen MR) is 144 cm³/mol. The Labute approximate surface area is 226 Å². The highest BCUT2D eigenvalue weighted by molar-refractivity contribution is 7.95. The number of carboxylic acids is 1. The lowest BCUT2D eigenvalue weighted by Crippen LogP contribution is -2.44. The van der Waals surface area contributed by atoms with Crippen LogP contribution in [0.5, 0.6) is 0 Å². The van der Waals surface area contributed by atoms with Gasteiger partial charge >= 0.3 is 17.9 Å². The highest BCUT2D eigenvalue weighted by atomic mass is 32.2. The van der Waals surface area contributed by atoms with Crippen molar-refractivity contribution in [1.82, 2.24) is 4.90 Å². The molecule has 2 aliphatic rings. The standard InChI is InChI=1S/C30H29NO6S/c1-19-12-14-20(15-13-19)38-37-30(35)27-11-6-16-31(27)17-25(28(32)33)29(34)36-18-26-23-9-4-2-7-21(23)22-8-3-5-10-24(22)26/h2-5,7-10,12-15,25-27H,6,11,16-18H2,1H3,(H,32,33). The molecule has 3 aromatic rings. The van der Waals surface area contributed by atoms with Crippen LogP contribution < -0.4 is 0 Å². The molecule has 1 aliphatic carbocycles. The molecule has 2 atom stereocenters. The first-order valence-corrected chi connectivity index (χ1v) is 13.4. The molecule has 1 N–H and O–H groups in total. The summed E-state index contributed by atoms with van der Waals surface area (Å²) >= 11 is 0.985. The molecule has 2 unspecified atom stereocenters. The Morgan fingerprint density at radius 1 is 0.974 bits per heavy atom. The monoisotopic (exact) mass is 531 g/mol. The summed E-state index contributed by atoms with van der Waals surface area (Å²) in [7, 11) is 0. The summed E-state index contributed by atoms with van der Waals surface area (Å²) in [5.41, 5.74) is 5.42. The van der Waals surface area contributed by atoms with Gasteiger partial charge in [0.1, 0.15) is 12.6 Å². The zero-order valence-electron chi connectivity index (χ0n) is 21.0. The fraction of sp³-hybridized carbons (Fsp3) is 0.300. The minimum absolute atomic E-state index is 0.0509. The third-order valence-electron chi connectivity index (χ3n) is 7.23. The number of fused-ring (bicyclic) bond motifs is 3. The van der Waals surface area contributed by atoms with Crippen molar-refractivity contribution < 1.29 is 28.4 Å². The predicted octanol–water partition coefficient (Wildman–Crippen LogP) is 5.07. The molecule has 1 fully saturated rings. The Morgan fingerprint density at radius 3 is 2.24 bits per heavy atom. The Balaban J connectivity index is 1.21. The van der Waals surface area contributed by atoms with Gasteiger partial charge in [-0.15, -0.1) is 0 Å². The maximum Gasteiger partial charge on any atom is 0.335 e. The van der Waals surface area contributed by atoms with E-state index < -0.39 is 29.9 Å². The van der Waals surface area contributed by atoms with Gasteiger partial charge in [-0.05, 0) is 60.7 Å². The van der Waals surface area contributed by atoms with Gasteiger partial charge in [0.05, 0.1) is 12.0 Å². The number of carbonyl (C=O) groups is 3. The first kappa shape index (κ1) is 26.0. The maximum atomic E-state index is 13.0. The van der Waals surface area contributed by atoms with Crippen molar-refractivity contribution in [3.8, 4) is 11.1 Å². The number of ether oxygens (including phenoxy) is 1. The normalized spacial score (nSPS) is 17.4. The summed E-state index contributed by atoms with van der Waals surface area (Å²) in [4.78, 5) is 40.4. The van der Waals surface area contributed by atoms with Gasteiger partial charge in [-0.3, -0.25) is 14.5 Å². The zero-order chi connectivity index (χ0) is 26.6. The van der Waals surface area contributed by atoms with Crippen LogP contribution in [0.1, 0.15) is 35.4 Å². The number of hydrogen-bond donors (Lipinski definition) is 1. The quantitative estimate of drug-likeness (QED) is 0.233. The Kier molecular flexibility index (Phi) is 7.81. The van der Waals surface area contributed by atoms with E-state index in [1.54, 1.807) is 4.90 Å². The van der Waals surface area contributed by atoms with E-state index in [1.807, 2.05) is 79.7 Å². The van der Waals surface area contributed by atoms with Crippen molar-refractivity contribution in [1.29, 1.82) is 0 Å². The number of likely N-dealkylation sites (tertiary alicyclic amines) is 1. The second kappa shape index (κ2) is 11.4. The van der Waals surface area contributed by atoms with Crippen LogP contribution in [0.15, 0.2) is 77.7 Å². The molecule has 196 valence electrons. The second-order valence-electron chi connectivity index (χ2n) is 9.70. The van der Waals surface area contributed by atoms with E-state index in [1.165, 1.54) is 0 Å². The zero-order valence-corrected chi connectivity index (χ0v) is 21.9. The largest absolute Gasteiger partial charge is 0.481 e. The molecule has 0 amide bonds. The fourth-order valence-corrected chi connectivity index (χ4v) is 5.78. The van der Waals surface area contributed by atoms with Gasteiger partial charge in [-0.1, -0.05) is 66.2 Å². The average molecular weight is 532 g/mol. The number of rotatable bonds is 9. The van der Waals surface area contributed by atoms with Crippen LogP contribution in [0.2, 0.25) is 0 Å². The lowest BCUT2D eigenvalue weighted by atomic mass is 9.98. The van der Waals surface area contributed by atoms with Gasteiger partial charge < -0.3 is 14.0 Å². The summed E-state index contributed by atoms with van der Waals surface area (Å²) in [6.07, 6.45) is 1.26. The van der Waals surface area contributed by atoms with Crippen molar-refractivity contribution in [3.05, 3.63) is 89.5 Å². The molecule has 1 aliphatic heterocycles. The molecule has 1 saturated heterocycles. The molecule has 5 rings (SSSR count). The van der Waals surface area contributed by atoms with E-state index in [0.29, 0.717) is 19.4 Å². The van der Waals surface area contributed by atoms with Gasteiger partial charge in [0.25, 0.3) is 0 Å². The number of carboxylic acid groups (broad SMARTS) is 1. The molecule has 0 radical (unpaired) electrons. The summed E-state index contributed by atoms with van der Waals surface area (Å²) in [5, 5.41) is 9.86. The molecular formula is C30H29NO6S. The Bertz CT molecular complexity index is 1300. The molecule has 0 spiro atoms. The van der Waals surface area contributed by atoms with Crippen LogP contribution >= 0.6 is 12.0 Å². The van der Waals surface area contributed by atoms with Crippen molar-refractivity contribution in [3.63, 3.8) is 0 Å². The second-order valence-corrected chi connectivity index (χ2v) is 10.5. The van der Waals surface area contributed by atoms with Gasteiger partial charge in [-0.2, -0.15) is 0 Å². The molecular weight excluding hydrogens is 502 g/mol. The number of nitrogens with zero attached hydrogens (tertiary/aromatic N) is 1. The minimum atomic E-state index is -1.40. The van der Waals surface area contributed by atoms with E-state index in [4.69, 9.17) is 8.92 Å². The number of aryl methyl sites for hydroxylation is 1. The van der Waals surface area contributed by atoms with Gasteiger partial charge in [-0.25, -0.2) is 4.79 Å². The topological polar surface area (TPSA) is 93.1 Å². The van der Waals surface area contributed by atoms with Gasteiger partial charge in [0.2, 0.25) is 0 Å². The molecule has 1 heterocycles. The minimum Gasteiger partial charge on any atom is -0.481 e. The van der Waals surface area contributed by atoms with Crippen molar-refractivity contribution in [2.45, 2.75) is 36.6 Å². The number of carbonyl (C=O) groups excluding carboxylic acids is 2. The van der Waals surface area contributed by atoms with Gasteiger partial charge in [0, 0.05) is 17.4 Å². The van der Waals surface area contributed by atoms with Crippen LogP contribution in [0, 0.1) is 12.8 Å². The first-order valence-electron chi connectivity index (χ1n) is 12.7. The highest BCUT2D eigenvalue weighted by Gasteiger charge is 2.39. The Hall–Kier alpha value is -3.62. The SMILES string of the molecule is Cc1ccc(SOC(=O)C2CCCN2CC(C(=O)O)C(=O)OCC2c3ccccc3-c3ccccc32)cc1. The van der Waals surface area contributed by atoms with E-state index in [-0.39, 0.29) is 19.1 Å². The molecule has 3 aromatic carbocycles. The lowest BCUT2D eigenvalue weighted by Gasteiger charge is -2.25. The first-order chi connectivity index (χ1) is 18.4. The molecule has 0 bridgehead atoms. The average Bonchev–Trinajstić information content (AvgIpc) is 3.52.